The van der Waals surface area contributed by atoms with E-state index in [-0.39, 0.29) is 20.7 Å². The average Bonchev–Trinajstić information content (AvgIpc) is 2.44. The third-order valence-electron chi connectivity index (χ3n) is 2.51. The summed E-state index contributed by atoms with van der Waals surface area (Å²) in [6.45, 7) is 0. The monoisotopic (exact) mass is 344 g/mol. The number of phenolic OH excluding ortho intramolecular Hbond substituents is 1. The van der Waals surface area contributed by atoms with Crippen LogP contribution in [-0.4, -0.2) is 19.7 Å². The van der Waals surface area contributed by atoms with Gasteiger partial charge in [-0.3, -0.25) is 0 Å². The Morgan fingerprint density at radius 3 is 2.48 bits per heavy atom. The zero-order valence-electron chi connectivity index (χ0n) is 10.5. The van der Waals surface area contributed by atoms with Gasteiger partial charge in [0, 0.05) is 5.56 Å². The average molecular weight is 345 g/mol. The number of sulfonamides is 1. The number of phenols is 1. The van der Waals surface area contributed by atoms with E-state index in [1.165, 1.54) is 30.5 Å². The van der Waals surface area contributed by atoms with Crippen LogP contribution >= 0.6 is 23.2 Å². The van der Waals surface area contributed by atoms with E-state index in [0.29, 0.717) is 5.56 Å². The molecule has 0 atom stereocenters. The van der Waals surface area contributed by atoms with E-state index in [2.05, 4.69) is 5.10 Å². The van der Waals surface area contributed by atoms with Crippen molar-refractivity contribution in [1.82, 2.24) is 4.83 Å². The van der Waals surface area contributed by atoms with Crippen molar-refractivity contribution in [3.05, 3.63) is 58.1 Å². The Morgan fingerprint density at radius 1 is 1.10 bits per heavy atom. The highest BCUT2D eigenvalue weighted by atomic mass is 35.5. The van der Waals surface area contributed by atoms with Gasteiger partial charge in [0.05, 0.1) is 21.2 Å². The highest BCUT2D eigenvalue weighted by molar-refractivity contribution is 7.89. The maximum absolute atomic E-state index is 12.0. The van der Waals surface area contributed by atoms with Gasteiger partial charge >= 0.3 is 0 Å². The highest BCUT2D eigenvalue weighted by Crippen LogP contribution is 2.24. The third-order valence-corrected chi connectivity index (χ3v) is 4.47. The number of halogens is 2. The first-order valence-corrected chi connectivity index (χ1v) is 7.92. The lowest BCUT2D eigenvalue weighted by molar-refractivity contribution is 0.474. The molecule has 0 spiro atoms. The summed E-state index contributed by atoms with van der Waals surface area (Å²) in [6.07, 6.45) is 1.20. The first-order valence-electron chi connectivity index (χ1n) is 5.68. The van der Waals surface area contributed by atoms with Crippen LogP contribution in [0.1, 0.15) is 5.56 Å². The minimum atomic E-state index is -3.86. The molecule has 2 rings (SSSR count). The van der Waals surface area contributed by atoms with Gasteiger partial charge in [-0.1, -0.05) is 35.3 Å². The fourth-order valence-corrected chi connectivity index (χ4v) is 2.64. The zero-order chi connectivity index (χ0) is 15.5. The SMILES string of the molecule is O=S(=O)(N/N=C/c1ccccc1O)c1ccc(Cl)c(Cl)c1. The number of benzene rings is 2. The number of nitrogens with one attached hydrogen (secondary N) is 1. The molecule has 0 fully saturated rings. The van der Waals surface area contributed by atoms with Crippen molar-refractivity contribution >= 4 is 39.4 Å². The van der Waals surface area contributed by atoms with Crippen molar-refractivity contribution in [3.63, 3.8) is 0 Å². The maximum Gasteiger partial charge on any atom is 0.276 e. The minimum absolute atomic E-state index is 0.00464. The number of hydrazone groups is 1. The molecule has 0 aliphatic rings. The predicted molar refractivity (Wildman–Crippen MR) is 82.5 cm³/mol. The molecule has 0 amide bonds. The Balaban J connectivity index is 2.18. The molecule has 0 aliphatic heterocycles. The van der Waals surface area contributed by atoms with Gasteiger partial charge in [0.1, 0.15) is 5.75 Å². The molecule has 5 nitrogen and oxygen atoms in total. The Morgan fingerprint density at radius 2 is 1.81 bits per heavy atom. The van der Waals surface area contributed by atoms with Crippen molar-refractivity contribution in [2.45, 2.75) is 4.90 Å². The molecule has 2 aromatic rings. The van der Waals surface area contributed by atoms with E-state index in [1.54, 1.807) is 18.2 Å². The Bertz CT molecular complexity index is 792. The predicted octanol–water partition coefficient (Wildman–Crippen LogP) is 3.01. The standard InChI is InChI=1S/C13H10Cl2N2O3S/c14-11-6-5-10(7-12(11)15)21(19,20)17-16-8-9-3-1-2-4-13(9)18/h1-8,17-18H/b16-8+. The smallest absolute Gasteiger partial charge is 0.276 e. The van der Waals surface area contributed by atoms with Crippen LogP contribution in [0.15, 0.2) is 52.5 Å². The second kappa shape index (κ2) is 6.34. The van der Waals surface area contributed by atoms with Crippen molar-refractivity contribution in [3.8, 4) is 5.75 Å². The normalized spacial score (nSPS) is 11.7. The quantitative estimate of drug-likeness (QED) is 0.660. The molecule has 110 valence electrons. The number of para-hydroxylation sites is 1. The molecule has 0 heterocycles. The van der Waals surface area contributed by atoms with E-state index < -0.39 is 10.0 Å². The van der Waals surface area contributed by atoms with Gasteiger partial charge in [-0.2, -0.15) is 13.5 Å². The van der Waals surface area contributed by atoms with Crippen LogP contribution in [0.4, 0.5) is 0 Å². The Hall–Kier alpha value is -1.76. The minimum Gasteiger partial charge on any atom is -0.507 e. The fraction of sp³-hybridized carbons (Fsp3) is 0. The number of aromatic hydroxyl groups is 1. The summed E-state index contributed by atoms with van der Waals surface area (Å²) in [4.78, 5) is 1.96. The first kappa shape index (κ1) is 15.6. The first-order chi connectivity index (χ1) is 9.90. The van der Waals surface area contributed by atoms with Crippen LogP contribution in [0.5, 0.6) is 5.75 Å². The number of hydrogen-bond acceptors (Lipinski definition) is 4. The van der Waals surface area contributed by atoms with E-state index in [1.807, 2.05) is 4.83 Å². The summed E-state index contributed by atoms with van der Waals surface area (Å²) in [5.41, 5.74) is 0.384. The molecule has 0 bridgehead atoms. The summed E-state index contributed by atoms with van der Waals surface area (Å²) in [7, 11) is -3.86. The van der Waals surface area contributed by atoms with E-state index in [0.717, 1.165) is 0 Å². The summed E-state index contributed by atoms with van der Waals surface area (Å²) >= 11 is 11.5. The summed E-state index contributed by atoms with van der Waals surface area (Å²) < 4.78 is 24.0. The highest BCUT2D eigenvalue weighted by Gasteiger charge is 2.14. The van der Waals surface area contributed by atoms with E-state index in [4.69, 9.17) is 23.2 Å². The van der Waals surface area contributed by atoms with Gasteiger partial charge in [-0.25, -0.2) is 4.83 Å². The molecule has 21 heavy (non-hydrogen) atoms. The molecule has 0 saturated heterocycles. The van der Waals surface area contributed by atoms with Crippen molar-refractivity contribution in [2.75, 3.05) is 0 Å². The molecule has 2 N–H and O–H groups in total. The van der Waals surface area contributed by atoms with Gasteiger partial charge < -0.3 is 5.11 Å². The molecular weight excluding hydrogens is 335 g/mol. The molecule has 0 radical (unpaired) electrons. The third kappa shape index (κ3) is 3.87. The van der Waals surface area contributed by atoms with Gasteiger partial charge in [0.25, 0.3) is 10.0 Å². The van der Waals surface area contributed by atoms with Crippen molar-refractivity contribution in [1.29, 1.82) is 0 Å². The lowest BCUT2D eigenvalue weighted by Crippen LogP contribution is -2.18. The number of rotatable bonds is 4. The summed E-state index contributed by atoms with van der Waals surface area (Å²) in [5, 5.41) is 13.5. The van der Waals surface area contributed by atoms with Gasteiger partial charge in [0.2, 0.25) is 0 Å². The number of nitrogens with zero attached hydrogens (tertiary/aromatic N) is 1. The fourth-order valence-electron chi connectivity index (χ4n) is 1.46. The largest absolute Gasteiger partial charge is 0.507 e. The van der Waals surface area contributed by atoms with Crippen LogP contribution in [-0.2, 0) is 10.0 Å². The van der Waals surface area contributed by atoms with Crippen LogP contribution < -0.4 is 4.83 Å². The summed E-state index contributed by atoms with van der Waals surface area (Å²) in [5.74, 6) is -0.00464. The van der Waals surface area contributed by atoms with Crippen molar-refractivity contribution < 1.29 is 13.5 Å². The molecule has 8 heteroatoms. The second-order valence-electron chi connectivity index (χ2n) is 3.99. The van der Waals surface area contributed by atoms with E-state index in [9.17, 15) is 13.5 Å². The molecule has 0 aromatic heterocycles. The van der Waals surface area contributed by atoms with Crippen molar-refractivity contribution in [2.24, 2.45) is 5.10 Å². The van der Waals surface area contributed by atoms with E-state index >= 15 is 0 Å². The lowest BCUT2D eigenvalue weighted by atomic mass is 10.2. The van der Waals surface area contributed by atoms with Crippen LogP contribution in [0.2, 0.25) is 10.0 Å². The summed E-state index contributed by atoms with van der Waals surface area (Å²) in [6, 6.07) is 10.3. The maximum atomic E-state index is 12.0. The molecule has 0 aliphatic carbocycles. The topological polar surface area (TPSA) is 78.8 Å². The van der Waals surface area contributed by atoms with Crippen LogP contribution in [0.25, 0.3) is 0 Å². The molecule has 0 saturated carbocycles. The molecular formula is C13H10Cl2N2O3S. The second-order valence-corrected chi connectivity index (χ2v) is 6.46. The van der Waals surface area contributed by atoms with Gasteiger partial charge in [-0.15, -0.1) is 0 Å². The van der Waals surface area contributed by atoms with Crippen LogP contribution in [0, 0.1) is 0 Å². The Kier molecular flexibility index (Phi) is 4.72. The lowest BCUT2D eigenvalue weighted by Gasteiger charge is -2.04. The number of hydrogen-bond donors (Lipinski definition) is 2. The van der Waals surface area contributed by atoms with Crippen LogP contribution in [0.3, 0.4) is 0 Å². The zero-order valence-corrected chi connectivity index (χ0v) is 12.8. The van der Waals surface area contributed by atoms with Gasteiger partial charge in [-0.05, 0) is 30.3 Å². The molecule has 0 unspecified atom stereocenters. The molecule has 2 aromatic carbocycles. The van der Waals surface area contributed by atoms with Gasteiger partial charge in [0.15, 0.2) is 0 Å². The Labute approximate surface area is 131 Å².